The Hall–Kier alpha value is -0.000000000000000167. The summed E-state index contributed by atoms with van der Waals surface area (Å²) in [6.07, 6.45) is -1.57. The zero-order chi connectivity index (χ0) is 12.3. The zero-order valence-corrected chi connectivity index (χ0v) is 11.6. The van der Waals surface area contributed by atoms with Gasteiger partial charge in [-0.1, -0.05) is 56.8 Å². The number of carbonyl (C=O) groups is 1. The van der Waals surface area contributed by atoms with Gasteiger partial charge >= 0.3 is 0 Å². The highest BCUT2D eigenvalue weighted by Gasteiger charge is 2.32. The van der Waals surface area contributed by atoms with Gasteiger partial charge in [0.25, 0.3) is 5.91 Å². The van der Waals surface area contributed by atoms with Crippen LogP contribution in [0.3, 0.4) is 0 Å². The van der Waals surface area contributed by atoms with E-state index >= 15 is 0 Å². The molecule has 0 radical (unpaired) electrons. The monoisotopic (exact) mass is 345 g/mol. The van der Waals surface area contributed by atoms with E-state index in [-0.39, 0.29) is 0 Å². The molecule has 1 amide bonds. The molecule has 1 aromatic rings. The van der Waals surface area contributed by atoms with Crippen LogP contribution in [0.4, 0.5) is 0 Å². The molecule has 88 valence electrons. The number of hydrogen-bond donors (Lipinski definition) is 2. The standard InChI is InChI=1S/C9H7BrCl3NO2/c10-6-3-1-2-5(4-6)7(15)14-8(16)9(11,12)13/h1-4,8,16H,(H,14,15)/t8-/m0/s1. The smallest absolute Gasteiger partial charge is 0.253 e. The van der Waals surface area contributed by atoms with E-state index in [9.17, 15) is 9.90 Å². The summed E-state index contributed by atoms with van der Waals surface area (Å²) in [7, 11) is 0. The van der Waals surface area contributed by atoms with Gasteiger partial charge in [0, 0.05) is 10.0 Å². The van der Waals surface area contributed by atoms with Gasteiger partial charge in [-0.2, -0.15) is 0 Å². The molecule has 0 saturated heterocycles. The van der Waals surface area contributed by atoms with E-state index in [4.69, 9.17) is 34.8 Å². The highest BCUT2D eigenvalue weighted by atomic mass is 79.9. The third-order valence-electron chi connectivity index (χ3n) is 1.66. The Morgan fingerprint density at radius 1 is 1.44 bits per heavy atom. The number of nitrogens with one attached hydrogen (secondary N) is 1. The summed E-state index contributed by atoms with van der Waals surface area (Å²) in [4.78, 5) is 11.6. The topological polar surface area (TPSA) is 49.3 Å². The molecule has 0 aromatic heterocycles. The summed E-state index contributed by atoms with van der Waals surface area (Å²) in [6, 6.07) is 6.61. The first-order valence-electron chi connectivity index (χ1n) is 4.12. The van der Waals surface area contributed by atoms with Crippen molar-refractivity contribution in [3.63, 3.8) is 0 Å². The van der Waals surface area contributed by atoms with Crippen molar-refractivity contribution in [2.24, 2.45) is 0 Å². The fraction of sp³-hybridized carbons (Fsp3) is 0.222. The van der Waals surface area contributed by atoms with Gasteiger partial charge in [-0.15, -0.1) is 0 Å². The molecule has 1 atom stereocenters. The molecule has 1 aromatic carbocycles. The number of rotatable bonds is 2. The number of hydrogen-bond acceptors (Lipinski definition) is 2. The summed E-state index contributed by atoms with van der Waals surface area (Å²) >= 11 is 19.4. The number of amides is 1. The number of halogens is 4. The van der Waals surface area contributed by atoms with Gasteiger partial charge in [0.15, 0.2) is 6.23 Å². The Balaban J connectivity index is 2.74. The lowest BCUT2D eigenvalue weighted by Gasteiger charge is -2.19. The van der Waals surface area contributed by atoms with Gasteiger partial charge < -0.3 is 10.4 Å². The molecule has 3 nitrogen and oxygen atoms in total. The van der Waals surface area contributed by atoms with Crippen molar-refractivity contribution in [1.82, 2.24) is 5.32 Å². The van der Waals surface area contributed by atoms with E-state index in [0.717, 1.165) is 4.47 Å². The van der Waals surface area contributed by atoms with E-state index in [0.29, 0.717) is 5.56 Å². The van der Waals surface area contributed by atoms with Crippen molar-refractivity contribution in [2.75, 3.05) is 0 Å². The predicted molar refractivity (Wildman–Crippen MR) is 67.9 cm³/mol. The second kappa shape index (κ2) is 5.56. The Labute approximate surface area is 116 Å². The predicted octanol–water partition coefficient (Wildman–Crippen LogP) is 2.87. The van der Waals surface area contributed by atoms with Crippen LogP contribution in [0.15, 0.2) is 28.7 Å². The summed E-state index contributed by atoms with van der Waals surface area (Å²) in [5, 5.41) is 11.5. The third-order valence-corrected chi connectivity index (χ3v) is 2.78. The molecule has 0 aliphatic rings. The molecule has 7 heteroatoms. The van der Waals surface area contributed by atoms with Crippen LogP contribution in [0.1, 0.15) is 10.4 Å². The number of alkyl halides is 3. The molecule has 0 fully saturated rings. The van der Waals surface area contributed by atoms with Crippen molar-refractivity contribution in [2.45, 2.75) is 10.0 Å². The minimum atomic E-state index is -1.96. The molecule has 1 rings (SSSR count). The van der Waals surface area contributed by atoms with Gasteiger partial charge in [-0.05, 0) is 18.2 Å². The van der Waals surface area contributed by atoms with Crippen LogP contribution < -0.4 is 5.32 Å². The van der Waals surface area contributed by atoms with Crippen LogP contribution in [-0.4, -0.2) is 21.0 Å². The minimum Gasteiger partial charge on any atom is -0.369 e. The quantitative estimate of drug-likeness (QED) is 0.638. The van der Waals surface area contributed by atoms with Crippen molar-refractivity contribution in [3.05, 3.63) is 34.3 Å². The molecule has 0 bridgehead atoms. The Morgan fingerprint density at radius 3 is 2.56 bits per heavy atom. The Kier molecular flexibility index (Phi) is 4.88. The lowest BCUT2D eigenvalue weighted by Crippen LogP contribution is -2.43. The summed E-state index contributed by atoms with van der Waals surface area (Å²) in [6.45, 7) is 0. The second-order valence-corrected chi connectivity index (χ2v) is 6.21. The summed E-state index contributed by atoms with van der Waals surface area (Å²) in [5.74, 6) is -0.528. The molecule has 0 heterocycles. The molecule has 0 spiro atoms. The molecule has 2 N–H and O–H groups in total. The largest absolute Gasteiger partial charge is 0.369 e. The third kappa shape index (κ3) is 4.11. The number of aliphatic hydroxyl groups is 1. The van der Waals surface area contributed by atoms with Gasteiger partial charge in [-0.3, -0.25) is 4.79 Å². The summed E-state index contributed by atoms with van der Waals surface area (Å²) < 4.78 is -1.22. The van der Waals surface area contributed by atoms with Crippen molar-refractivity contribution >= 4 is 56.6 Å². The van der Waals surface area contributed by atoms with Gasteiger partial charge in [0.05, 0.1) is 0 Å². The first-order valence-corrected chi connectivity index (χ1v) is 6.04. The van der Waals surface area contributed by atoms with Crippen LogP contribution in [0.25, 0.3) is 0 Å². The molecule has 0 aliphatic heterocycles. The second-order valence-electron chi connectivity index (χ2n) is 2.93. The Morgan fingerprint density at radius 2 is 2.06 bits per heavy atom. The number of benzene rings is 1. The van der Waals surface area contributed by atoms with E-state index in [1.807, 2.05) is 0 Å². The summed E-state index contributed by atoms with van der Waals surface area (Å²) in [5.41, 5.74) is 0.350. The first-order chi connectivity index (χ1) is 7.30. The molecular formula is C9H7BrCl3NO2. The Bertz CT molecular complexity index is 395. The van der Waals surface area contributed by atoms with Crippen molar-refractivity contribution in [1.29, 1.82) is 0 Å². The zero-order valence-electron chi connectivity index (χ0n) is 7.75. The maximum Gasteiger partial charge on any atom is 0.253 e. The van der Waals surface area contributed by atoms with E-state index in [1.54, 1.807) is 24.3 Å². The van der Waals surface area contributed by atoms with Gasteiger partial charge in [-0.25, -0.2) is 0 Å². The van der Waals surface area contributed by atoms with Gasteiger partial charge in [0.2, 0.25) is 3.79 Å². The van der Waals surface area contributed by atoms with Crippen molar-refractivity contribution in [3.8, 4) is 0 Å². The fourth-order valence-electron chi connectivity index (χ4n) is 0.919. The SMILES string of the molecule is O=C(N[C@@H](O)C(Cl)(Cl)Cl)c1cccc(Br)c1. The van der Waals surface area contributed by atoms with E-state index in [1.165, 1.54) is 0 Å². The van der Waals surface area contributed by atoms with E-state index < -0.39 is 15.9 Å². The molecular weight excluding hydrogens is 340 g/mol. The van der Waals surface area contributed by atoms with Crippen LogP contribution in [0.2, 0.25) is 0 Å². The normalized spacial score (nSPS) is 13.3. The highest BCUT2D eigenvalue weighted by Crippen LogP contribution is 2.29. The number of aliphatic hydroxyl groups excluding tert-OH is 1. The first kappa shape index (κ1) is 14.1. The maximum absolute atomic E-state index is 11.6. The molecule has 0 aliphatic carbocycles. The van der Waals surface area contributed by atoms with Crippen LogP contribution in [0, 0.1) is 0 Å². The lowest BCUT2D eigenvalue weighted by molar-refractivity contribution is 0.0791. The van der Waals surface area contributed by atoms with Crippen LogP contribution in [-0.2, 0) is 0 Å². The molecule has 0 saturated carbocycles. The van der Waals surface area contributed by atoms with Crippen LogP contribution in [0.5, 0.6) is 0 Å². The minimum absolute atomic E-state index is 0.350. The molecule has 0 unspecified atom stereocenters. The number of carbonyl (C=O) groups excluding carboxylic acids is 1. The maximum atomic E-state index is 11.6. The molecule has 16 heavy (non-hydrogen) atoms. The fourth-order valence-corrected chi connectivity index (χ4v) is 1.48. The average molecular weight is 347 g/mol. The van der Waals surface area contributed by atoms with Crippen molar-refractivity contribution < 1.29 is 9.90 Å². The lowest BCUT2D eigenvalue weighted by atomic mass is 10.2. The van der Waals surface area contributed by atoms with Crippen LogP contribution >= 0.6 is 50.7 Å². The van der Waals surface area contributed by atoms with Gasteiger partial charge in [0.1, 0.15) is 0 Å². The van der Waals surface area contributed by atoms with E-state index in [2.05, 4.69) is 21.2 Å². The highest BCUT2D eigenvalue weighted by molar-refractivity contribution is 9.10. The average Bonchev–Trinajstić information content (AvgIpc) is 2.16.